The summed E-state index contributed by atoms with van der Waals surface area (Å²) in [6.45, 7) is 2.23. The minimum absolute atomic E-state index is 0.462. The summed E-state index contributed by atoms with van der Waals surface area (Å²) in [6.07, 6.45) is 11.5. The van der Waals surface area contributed by atoms with E-state index in [-0.39, 0.29) is 0 Å². The SMILES string of the molecule is NCC1(N2CCCC2C2CCCC2)CC1. The Labute approximate surface area is 93.2 Å². The van der Waals surface area contributed by atoms with Crippen LogP contribution in [0.15, 0.2) is 0 Å². The third-order valence-corrected chi connectivity index (χ3v) is 5.06. The van der Waals surface area contributed by atoms with Gasteiger partial charge in [0.15, 0.2) is 0 Å². The lowest BCUT2D eigenvalue weighted by Crippen LogP contribution is -2.47. The molecular formula is C13H24N2. The van der Waals surface area contributed by atoms with Gasteiger partial charge >= 0.3 is 0 Å². The zero-order valence-corrected chi connectivity index (χ0v) is 9.75. The largest absolute Gasteiger partial charge is 0.329 e. The van der Waals surface area contributed by atoms with Crippen molar-refractivity contribution in [1.82, 2.24) is 4.90 Å². The van der Waals surface area contributed by atoms with Crippen molar-refractivity contribution in [3.05, 3.63) is 0 Å². The Bertz CT molecular complexity index is 229. The number of nitrogens with two attached hydrogens (primary N) is 1. The van der Waals surface area contributed by atoms with Gasteiger partial charge < -0.3 is 5.73 Å². The van der Waals surface area contributed by atoms with Crippen molar-refractivity contribution < 1.29 is 0 Å². The zero-order chi connectivity index (χ0) is 10.3. The van der Waals surface area contributed by atoms with Crippen molar-refractivity contribution in [3.63, 3.8) is 0 Å². The summed E-state index contributed by atoms with van der Waals surface area (Å²) >= 11 is 0. The van der Waals surface area contributed by atoms with Crippen LogP contribution in [0.5, 0.6) is 0 Å². The monoisotopic (exact) mass is 208 g/mol. The molecule has 1 saturated heterocycles. The third kappa shape index (κ3) is 1.62. The second-order valence-corrected chi connectivity index (χ2v) is 5.88. The molecule has 1 unspecified atom stereocenters. The van der Waals surface area contributed by atoms with Crippen molar-refractivity contribution in [2.75, 3.05) is 13.1 Å². The van der Waals surface area contributed by atoms with E-state index in [1.807, 2.05) is 0 Å². The maximum Gasteiger partial charge on any atom is 0.0336 e. The van der Waals surface area contributed by atoms with E-state index in [9.17, 15) is 0 Å². The van der Waals surface area contributed by atoms with Crippen molar-refractivity contribution in [2.24, 2.45) is 11.7 Å². The Hall–Kier alpha value is -0.0800. The molecule has 15 heavy (non-hydrogen) atoms. The van der Waals surface area contributed by atoms with Gasteiger partial charge in [0.2, 0.25) is 0 Å². The van der Waals surface area contributed by atoms with E-state index in [1.54, 1.807) is 0 Å². The highest BCUT2D eigenvalue weighted by Gasteiger charge is 2.51. The summed E-state index contributed by atoms with van der Waals surface area (Å²) in [5, 5.41) is 0. The van der Waals surface area contributed by atoms with Gasteiger partial charge in [0, 0.05) is 18.1 Å². The summed E-state index contributed by atoms with van der Waals surface area (Å²) in [4.78, 5) is 2.81. The van der Waals surface area contributed by atoms with E-state index >= 15 is 0 Å². The van der Waals surface area contributed by atoms with E-state index < -0.39 is 0 Å². The molecule has 3 rings (SSSR count). The summed E-state index contributed by atoms with van der Waals surface area (Å²) in [6, 6.07) is 0.901. The molecule has 1 heterocycles. The van der Waals surface area contributed by atoms with Crippen LogP contribution in [0.1, 0.15) is 51.4 Å². The van der Waals surface area contributed by atoms with E-state index in [0.717, 1.165) is 18.5 Å². The van der Waals surface area contributed by atoms with Crippen LogP contribution >= 0.6 is 0 Å². The van der Waals surface area contributed by atoms with Crippen LogP contribution in [0.4, 0.5) is 0 Å². The molecule has 2 heteroatoms. The van der Waals surface area contributed by atoms with Gasteiger partial charge in [-0.2, -0.15) is 0 Å². The first-order valence-electron chi connectivity index (χ1n) is 6.83. The van der Waals surface area contributed by atoms with Gasteiger partial charge in [0.1, 0.15) is 0 Å². The molecule has 1 aliphatic heterocycles. The van der Waals surface area contributed by atoms with Gasteiger partial charge in [-0.15, -0.1) is 0 Å². The quantitative estimate of drug-likeness (QED) is 0.770. The van der Waals surface area contributed by atoms with Gasteiger partial charge in [-0.25, -0.2) is 0 Å². The predicted octanol–water partition coefficient (Wildman–Crippen LogP) is 2.13. The fraction of sp³-hybridized carbons (Fsp3) is 1.00. The summed E-state index contributed by atoms with van der Waals surface area (Å²) in [5.74, 6) is 1.01. The Morgan fingerprint density at radius 2 is 1.80 bits per heavy atom. The van der Waals surface area contributed by atoms with E-state index in [2.05, 4.69) is 4.90 Å². The predicted molar refractivity (Wildman–Crippen MR) is 62.7 cm³/mol. The average Bonchev–Trinajstić information content (AvgIpc) is 2.74. The van der Waals surface area contributed by atoms with Crippen LogP contribution in [0, 0.1) is 5.92 Å². The van der Waals surface area contributed by atoms with Crippen LogP contribution in [0.25, 0.3) is 0 Å². The first-order valence-corrected chi connectivity index (χ1v) is 6.83. The van der Waals surface area contributed by atoms with Crippen LogP contribution in [0.3, 0.4) is 0 Å². The highest BCUT2D eigenvalue weighted by atomic mass is 15.3. The Balaban J connectivity index is 1.71. The van der Waals surface area contributed by atoms with Crippen LogP contribution in [-0.4, -0.2) is 29.6 Å². The fourth-order valence-corrected chi connectivity index (χ4v) is 3.97. The average molecular weight is 208 g/mol. The summed E-state index contributed by atoms with van der Waals surface area (Å²) in [5.41, 5.74) is 6.43. The lowest BCUT2D eigenvalue weighted by atomic mass is 9.95. The summed E-state index contributed by atoms with van der Waals surface area (Å²) in [7, 11) is 0. The first kappa shape index (κ1) is 10.1. The number of hydrogen-bond acceptors (Lipinski definition) is 2. The van der Waals surface area contributed by atoms with Gasteiger partial charge in [0.05, 0.1) is 0 Å². The minimum Gasteiger partial charge on any atom is -0.329 e. The Kier molecular flexibility index (Phi) is 2.52. The van der Waals surface area contributed by atoms with Crippen molar-refractivity contribution in [2.45, 2.75) is 62.9 Å². The molecule has 0 aromatic carbocycles. The second-order valence-electron chi connectivity index (χ2n) is 5.88. The molecule has 3 fully saturated rings. The standard InChI is InChI=1S/C13H24N2/c14-10-13(7-8-13)15-9-3-6-12(15)11-4-1-2-5-11/h11-12H,1-10,14H2. The molecule has 0 bridgehead atoms. The van der Waals surface area contributed by atoms with E-state index in [1.165, 1.54) is 57.9 Å². The molecule has 0 aromatic heterocycles. The first-order chi connectivity index (χ1) is 7.36. The minimum atomic E-state index is 0.462. The molecule has 0 radical (unpaired) electrons. The number of nitrogens with zero attached hydrogens (tertiary/aromatic N) is 1. The zero-order valence-electron chi connectivity index (χ0n) is 9.75. The lowest BCUT2D eigenvalue weighted by molar-refractivity contribution is 0.123. The van der Waals surface area contributed by atoms with Crippen LogP contribution < -0.4 is 5.73 Å². The maximum atomic E-state index is 5.97. The molecule has 2 aliphatic carbocycles. The van der Waals surface area contributed by atoms with Crippen molar-refractivity contribution in [1.29, 1.82) is 0 Å². The van der Waals surface area contributed by atoms with Crippen molar-refractivity contribution in [3.8, 4) is 0 Å². The van der Waals surface area contributed by atoms with Gasteiger partial charge in [-0.1, -0.05) is 12.8 Å². The van der Waals surface area contributed by atoms with Gasteiger partial charge in [-0.05, 0) is 51.0 Å². The number of hydrogen-bond donors (Lipinski definition) is 1. The normalized spacial score (nSPS) is 36.2. The smallest absolute Gasteiger partial charge is 0.0336 e. The van der Waals surface area contributed by atoms with Gasteiger partial charge in [0.25, 0.3) is 0 Å². The van der Waals surface area contributed by atoms with E-state index in [0.29, 0.717) is 5.54 Å². The molecule has 2 nitrogen and oxygen atoms in total. The molecule has 2 N–H and O–H groups in total. The second kappa shape index (κ2) is 3.74. The molecule has 0 amide bonds. The molecule has 2 saturated carbocycles. The maximum absolute atomic E-state index is 5.97. The third-order valence-electron chi connectivity index (χ3n) is 5.06. The van der Waals surface area contributed by atoms with E-state index in [4.69, 9.17) is 5.73 Å². The molecule has 0 spiro atoms. The molecule has 86 valence electrons. The number of likely N-dealkylation sites (tertiary alicyclic amines) is 1. The Morgan fingerprint density at radius 3 is 2.40 bits per heavy atom. The molecule has 3 aliphatic rings. The topological polar surface area (TPSA) is 29.3 Å². The number of rotatable bonds is 3. The molecular weight excluding hydrogens is 184 g/mol. The van der Waals surface area contributed by atoms with Gasteiger partial charge in [-0.3, -0.25) is 4.90 Å². The highest BCUT2D eigenvalue weighted by Crippen LogP contribution is 2.47. The van der Waals surface area contributed by atoms with Crippen molar-refractivity contribution >= 4 is 0 Å². The highest BCUT2D eigenvalue weighted by molar-refractivity contribution is 5.09. The van der Waals surface area contributed by atoms with Crippen LogP contribution in [-0.2, 0) is 0 Å². The molecule has 0 aromatic rings. The Morgan fingerprint density at radius 1 is 1.07 bits per heavy atom. The lowest BCUT2D eigenvalue weighted by Gasteiger charge is -2.36. The fourth-order valence-electron chi connectivity index (χ4n) is 3.97. The van der Waals surface area contributed by atoms with Crippen LogP contribution in [0.2, 0.25) is 0 Å². The molecule has 1 atom stereocenters. The summed E-state index contributed by atoms with van der Waals surface area (Å²) < 4.78 is 0.